The molecule has 0 atom stereocenters. The van der Waals surface area contributed by atoms with E-state index >= 15 is 0 Å². The van der Waals surface area contributed by atoms with E-state index in [-0.39, 0.29) is 11.3 Å². The van der Waals surface area contributed by atoms with Crippen molar-refractivity contribution in [2.75, 3.05) is 13.7 Å². The monoisotopic (exact) mass is 263 g/mol. The molecule has 0 aliphatic heterocycles. The zero-order valence-corrected chi connectivity index (χ0v) is 12.8. The summed E-state index contributed by atoms with van der Waals surface area (Å²) < 4.78 is 5.37. The van der Waals surface area contributed by atoms with Crippen molar-refractivity contribution in [3.8, 4) is 5.75 Å². The summed E-state index contributed by atoms with van der Waals surface area (Å²) in [5, 5.41) is 2.93. The Hall–Kier alpha value is -1.51. The molecule has 1 amide bonds. The topological polar surface area (TPSA) is 38.3 Å². The van der Waals surface area contributed by atoms with Gasteiger partial charge in [0.25, 0.3) is 5.91 Å². The molecule has 1 rings (SSSR count). The maximum atomic E-state index is 12.1. The van der Waals surface area contributed by atoms with Crippen molar-refractivity contribution in [3.63, 3.8) is 0 Å². The number of amides is 1. The Balaban J connectivity index is 3.01. The van der Waals surface area contributed by atoms with Crippen molar-refractivity contribution in [2.24, 2.45) is 5.92 Å². The summed E-state index contributed by atoms with van der Waals surface area (Å²) in [6, 6.07) is 5.60. The van der Waals surface area contributed by atoms with Crippen LogP contribution in [0.4, 0.5) is 0 Å². The minimum Gasteiger partial charge on any atom is -0.496 e. The second-order valence-corrected chi connectivity index (χ2v) is 6.27. The fraction of sp³-hybridized carbons (Fsp3) is 0.562. The smallest absolute Gasteiger partial charge is 0.251 e. The lowest BCUT2D eigenvalue weighted by atomic mass is 9.85. The summed E-state index contributed by atoms with van der Waals surface area (Å²) in [5.74, 6) is 1.25. The highest BCUT2D eigenvalue weighted by atomic mass is 16.5. The zero-order chi connectivity index (χ0) is 14.6. The predicted octanol–water partition coefficient (Wildman–Crippen LogP) is 3.38. The Morgan fingerprint density at radius 3 is 2.42 bits per heavy atom. The largest absolute Gasteiger partial charge is 0.496 e. The van der Waals surface area contributed by atoms with E-state index < -0.39 is 0 Å². The van der Waals surface area contributed by atoms with Crippen LogP contribution >= 0.6 is 0 Å². The highest BCUT2D eigenvalue weighted by Crippen LogP contribution is 2.31. The van der Waals surface area contributed by atoms with E-state index in [1.165, 1.54) is 0 Å². The molecule has 0 heterocycles. The maximum Gasteiger partial charge on any atom is 0.251 e. The minimum atomic E-state index is -0.0559. The van der Waals surface area contributed by atoms with Crippen molar-refractivity contribution >= 4 is 5.91 Å². The number of hydrogen-bond acceptors (Lipinski definition) is 2. The Morgan fingerprint density at radius 2 is 1.95 bits per heavy atom. The van der Waals surface area contributed by atoms with E-state index in [4.69, 9.17) is 4.74 Å². The summed E-state index contributed by atoms with van der Waals surface area (Å²) >= 11 is 0. The van der Waals surface area contributed by atoms with Crippen LogP contribution in [0.1, 0.15) is 50.5 Å². The summed E-state index contributed by atoms with van der Waals surface area (Å²) in [7, 11) is 1.66. The highest BCUT2D eigenvalue weighted by molar-refractivity contribution is 5.94. The van der Waals surface area contributed by atoms with Crippen molar-refractivity contribution in [1.29, 1.82) is 0 Å². The number of rotatable bonds is 4. The van der Waals surface area contributed by atoms with Crippen molar-refractivity contribution in [3.05, 3.63) is 29.3 Å². The minimum absolute atomic E-state index is 0.0261. The number of carbonyl (C=O) groups excluding carboxylic acids is 1. The van der Waals surface area contributed by atoms with E-state index in [2.05, 4.69) is 39.9 Å². The van der Waals surface area contributed by atoms with Gasteiger partial charge in [-0.1, -0.05) is 34.6 Å². The second-order valence-electron chi connectivity index (χ2n) is 6.27. The molecular weight excluding hydrogens is 238 g/mol. The van der Waals surface area contributed by atoms with E-state index in [9.17, 15) is 4.79 Å². The number of carbonyl (C=O) groups is 1. The molecule has 0 aliphatic carbocycles. The van der Waals surface area contributed by atoms with Gasteiger partial charge in [-0.3, -0.25) is 4.79 Å². The molecule has 1 N–H and O–H groups in total. The first kappa shape index (κ1) is 15.5. The lowest BCUT2D eigenvalue weighted by Crippen LogP contribution is -2.27. The van der Waals surface area contributed by atoms with Crippen molar-refractivity contribution in [1.82, 2.24) is 5.32 Å². The summed E-state index contributed by atoms with van der Waals surface area (Å²) in [6.45, 7) is 11.2. The lowest BCUT2D eigenvalue weighted by molar-refractivity contribution is 0.0949. The van der Waals surface area contributed by atoms with Gasteiger partial charge < -0.3 is 10.1 Å². The van der Waals surface area contributed by atoms with Gasteiger partial charge in [-0.15, -0.1) is 0 Å². The molecule has 0 radical (unpaired) electrons. The predicted molar refractivity (Wildman–Crippen MR) is 78.9 cm³/mol. The molecule has 0 saturated heterocycles. The van der Waals surface area contributed by atoms with Crippen LogP contribution < -0.4 is 10.1 Å². The Morgan fingerprint density at radius 1 is 1.32 bits per heavy atom. The SMILES string of the molecule is COc1ccc(C(=O)NCC(C)C)cc1C(C)(C)C. The molecule has 0 unspecified atom stereocenters. The number of methoxy groups -OCH3 is 1. The highest BCUT2D eigenvalue weighted by Gasteiger charge is 2.20. The van der Waals surface area contributed by atoms with Crippen LogP contribution in [0.2, 0.25) is 0 Å². The van der Waals surface area contributed by atoms with Gasteiger partial charge >= 0.3 is 0 Å². The Labute approximate surface area is 116 Å². The van der Waals surface area contributed by atoms with Crippen LogP contribution in [0.5, 0.6) is 5.75 Å². The third kappa shape index (κ3) is 4.27. The quantitative estimate of drug-likeness (QED) is 0.904. The molecule has 3 nitrogen and oxygen atoms in total. The molecule has 1 aromatic carbocycles. The summed E-state index contributed by atoms with van der Waals surface area (Å²) in [6.07, 6.45) is 0. The standard InChI is InChI=1S/C16H25NO2/c1-11(2)10-17-15(18)12-7-8-14(19-6)13(9-12)16(3,4)5/h7-9,11H,10H2,1-6H3,(H,17,18). The lowest BCUT2D eigenvalue weighted by Gasteiger charge is -2.22. The van der Waals surface area contributed by atoms with E-state index in [1.54, 1.807) is 7.11 Å². The molecule has 1 aromatic rings. The van der Waals surface area contributed by atoms with Gasteiger partial charge in [0.2, 0.25) is 0 Å². The molecule has 0 fully saturated rings. The van der Waals surface area contributed by atoms with Crippen LogP contribution in [0.3, 0.4) is 0 Å². The molecule has 0 bridgehead atoms. The summed E-state index contributed by atoms with van der Waals surface area (Å²) in [5.41, 5.74) is 1.68. The van der Waals surface area contributed by atoms with Gasteiger partial charge in [-0.2, -0.15) is 0 Å². The third-order valence-corrected chi connectivity index (χ3v) is 2.94. The average Bonchev–Trinajstić information content (AvgIpc) is 2.34. The van der Waals surface area contributed by atoms with Crippen LogP contribution in [-0.4, -0.2) is 19.6 Å². The molecule has 3 heteroatoms. The first-order valence-corrected chi connectivity index (χ1v) is 6.72. The summed E-state index contributed by atoms with van der Waals surface area (Å²) in [4.78, 5) is 12.1. The zero-order valence-electron chi connectivity index (χ0n) is 12.8. The molecule has 0 spiro atoms. The second kappa shape index (κ2) is 6.09. The molecular formula is C16H25NO2. The van der Waals surface area contributed by atoms with Gasteiger partial charge in [0, 0.05) is 17.7 Å². The molecule has 0 aromatic heterocycles. The van der Waals surface area contributed by atoms with Gasteiger partial charge in [0.1, 0.15) is 5.75 Å². The van der Waals surface area contributed by atoms with Crippen LogP contribution in [-0.2, 0) is 5.41 Å². The van der Waals surface area contributed by atoms with Crippen LogP contribution in [0.15, 0.2) is 18.2 Å². The molecule has 106 valence electrons. The van der Waals surface area contributed by atoms with Gasteiger partial charge in [-0.05, 0) is 29.5 Å². The first-order chi connectivity index (χ1) is 8.75. The third-order valence-electron chi connectivity index (χ3n) is 2.94. The molecule has 0 saturated carbocycles. The normalized spacial score (nSPS) is 11.5. The fourth-order valence-electron chi connectivity index (χ4n) is 1.83. The van der Waals surface area contributed by atoms with Crippen LogP contribution in [0, 0.1) is 5.92 Å². The maximum absolute atomic E-state index is 12.1. The number of nitrogens with one attached hydrogen (secondary N) is 1. The van der Waals surface area contributed by atoms with Crippen molar-refractivity contribution in [2.45, 2.75) is 40.0 Å². The first-order valence-electron chi connectivity index (χ1n) is 6.72. The van der Waals surface area contributed by atoms with Gasteiger partial charge in [-0.25, -0.2) is 0 Å². The van der Waals surface area contributed by atoms with E-state index in [1.807, 2.05) is 18.2 Å². The fourth-order valence-corrected chi connectivity index (χ4v) is 1.83. The number of hydrogen-bond donors (Lipinski definition) is 1. The van der Waals surface area contributed by atoms with E-state index in [0.717, 1.165) is 11.3 Å². The van der Waals surface area contributed by atoms with Gasteiger partial charge in [0.15, 0.2) is 0 Å². The molecule has 0 aliphatic rings. The van der Waals surface area contributed by atoms with Gasteiger partial charge in [0.05, 0.1) is 7.11 Å². The average molecular weight is 263 g/mol. The number of ether oxygens (including phenoxy) is 1. The molecule has 19 heavy (non-hydrogen) atoms. The van der Waals surface area contributed by atoms with E-state index in [0.29, 0.717) is 18.0 Å². The Kier molecular flexibility index (Phi) is 4.98. The van der Waals surface area contributed by atoms with Crippen LogP contribution in [0.25, 0.3) is 0 Å². The van der Waals surface area contributed by atoms with Crippen molar-refractivity contribution < 1.29 is 9.53 Å². The Bertz CT molecular complexity index is 445. The number of benzene rings is 1.